The molecule has 0 saturated heterocycles. The van der Waals surface area contributed by atoms with Gasteiger partial charge in [-0.3, -0.25) is 0 Å². The molecule has 0 bridgehead atoms. The van der Waals surface area contributed by atoms with Gasteiger partial charge < -0.3 is 14.6 Å². The van der Waals surface area contributed by atoms with Crippen LogP contribution in [0.5, 0.6) is 5.75 Å². The molecule has 1 fully saturated rings. The van der Waals surface area contributed by atoms with Gasteiger partial charge in [-0.2, -0.15) is 0 Å². The zero-order chi connectivity index (χ0) is 13.7. The second-order valence-corrected chi connectivity index (χ2v) is 5.36. The summed E-state index contributed by atoms with van der Waals surface area (Å²) >= 11 is 0. The van der Waals surface area contributed by atoms with Gasteiger partial charge in [0.15, 0.2) is 0 Å². The third kappa shape index (κ3) is 3.71. The molecule has 106 valence electrons. The van der Waals surface area contributed by atoms with Gasteiger partial charge in [0.05, 0.1) is 19.8 Å². The van der Waals surface area contributed by atoms with Crippen molar-refractivity contribution >= 4 is 0 Å². The van der Waals surface area contributed by atoms with E-state index in [1.165, 1.54) is 5.56 Å². The molecule has 19 heavy (non-hydrogen) atoms. The predicted molar refractivity (Wildman–Crippen MR) is 75.2 cm³/mol. The molecule has 0 spiro atoms. The molecule has 0 aliphatic heterocycles. The summed E-state index contributed by atoms with van der Waals surface area (Å²) in [5.74, 6) is 1.91. The molecular weight excluding hydrogens is 240 g/mol. The third-order valence-electron chi connectivity index (χ3n) is 4.20. The van der Waals surface area contributed by atoms with Crippen LogP contribution in [0.1, 0.15) is 31.7 Å². The van der Waals surface area contributed by atoms with E-state index in [9.17, 15) is 5.11 Å². The highest BCUT2D eigenvalue weighted by atomic mass is 16.5. The van der Waals surface area contributed by atoms with Crippen LogP contribution in [0.4, 0.5) is 0 Å². The van der Waals surface area contributed by atoms with Crippen molar-refractivity contribution in [2.45, 2.75) is 38.9 Å². The molecule has 3 unspecified atom stereocenters. The van der Waals surface area contributed by atoms with Crippen LogP contribution in [0.2, 0.25) is 0 Å². The maximum Gasteiger partial charge on any atom is 0.118 e. The van der Waals surface area contributed by atoms with E-state index in [2.05, 4.69) is 6.92 Å². The molecule has 2 rings (SSSR count). The van der Waals surface area contributed by atoms with Crippen LogP contribution in [-0.2, 0) is 11.3 Å². The Morgan fingerprint density at radius 1 is 1.16 bits per heavy atom. The molecular formula is C16H24O3. The van der Waals surface area contributed by atoms with E-state index in [0.29, 0.717) is 31.2 Å². The average Bonchev–Trinajstić information content (AvgIpc) is 2.88. The van der Waals surface area contributed by atoms with Gasteiger partial charge in [0, 0.05) is 6.61 Å². The normalized spacial score (nSPS) is 26.6. The van der Waals surface area contributed by atoms with Gasteiger partial charge in [0.1, 0.15) is 5.75 Å². The topological polar surface area (TPSA) is 38.7 Å². The molecule has 3 nitrogen and oxygen atoms in total. The van der Waals surface area contributed by atoms with Crippen LogP contribution in [0.15, 0.2) is 24.3 Å². The fourth-order valence-corrected chi connectivity index (χ4v) is 2.95. The van der Waals surface area contributed by atoms with Crippen LogP contribution in [-0.4, -0.2) is 24.9 Å². The SMILES string of the molecule is CCC1CC(OCc2ccc(OC)cc2)CC1CO. The minimum absolute atomic E-state index is 0.293. The Kier molecular flexibility index (Phi) is 5.23. The highest BCUT2D eigenvalue weighted by Gasteiger charge is 2.32. The number of hydrogen-bond acceptors (Lipinski definition) is 3. The Balaban J connectivity index is 1.82. The lowest BCUT2D eigenvalue weighted by Crippen LogP contribution is -2.11. The quantitative estimate of drug-likeness (QED) is 0.858. The highest BCUT2D eigenvalue weighted by Crippen LogP contribution is 2.35. The second-order valence-electron chi connectivity index (χ2n) is 5.36. The number of benzene rings is 1. The molecule has 1 aromatic rings. The van der Waals surface area contributed by atoms with Gasteiger partial charge in [0.2, 0.25) is 0 Å². The highest BCUT2D eigenvalue weighted by molar-refractivity contribution is 5.26. The van der Waals surface area contributed by atoms with Crippen molar-refractivity contribution in [1.82, 2.24) is 0 Å². The summed E-state index contributed by atoms with van der Waals surface area (Å²) in [7, 11) is 1.67. The maximum atomic E-state index is 9.36. The van der Waals surface area contributed by atoms with E-state index in [-0.39, 0.29) is 0 Å². The second kappa shape index (κ2) is 6.92. The lowest BCUT2D eigenvalue weighted by molar-refractivity contribution is 0.0398. The first-order valence-electron chi connectivity index (χ1n) is 7.12. The minimum Gasteiger partial charge on any atom is -0.497 e. The zero-order valence-corrected chi connectivity index (χ0v) is 11.8. The number of hydrogen-bond donors (Lipinski definition) is 1. The summed E-state index contributed by atoms with van der Waals surface area (Å²) in [6.07, 6.45) is 3.50. The van der Waals surface area contributed by atoms with Crippen LogP contribution in [0, 0.1) is 11.8 Å². The lowest BCUT2D eigenvalue weighted by atomic mass is 9.95. The van der Waals surface area contributed by atoms with E-state index in [0.717, 1.165) is 25.0 Å². The first-order valence-corrected chi connectivity index (χ1v) is 7.12. The molecule has 0 amide bonds. The van der Waals surface area contributed by atoms with E-state index >= 15 is 0 Å². The summed E-state index contributed by atoms with van der Waals surface area (Å²) in [5.41, 5.74) is 1.17. The van der Waals surface area contributed by atoms with Crippen LogP contribution in [0.3, 0.4) is 0 Å². The Morgan fingerprint density at radius 2 is 1.84 bits per heavy atom. The van der Waals surface area contributed by atoms with Crippen molar-refractivity contribution in [3.63, 3.8) is 0 Å². The summed E-state index contributed by atoms with van der Waals surface area (Å²) in [4.78, 5) is 0. The Labute approximate surface area is 115 Å². The zero-order valence-electron chi connectivity index (χ0n) is 11.8. The Bertz CT molecular complexity index is 362. The fourth-order valence-electron chi connectivity index (χ4n) is 2.95. The molecule has 1 aliphatic carbocycles. The van der Waals surface area contributed by atoms with Crippen molar-refractivity contribution in [1.29, 1.82) is 0 Å². The number of rotatable bonds is 6. The van der Waals surface area contributed by atoms with E-state index in [1.807, 2.05) is 24.3 Å². The maximum absolute atomic E-state index is 9.36. The minimum atomic E-state index is 0.293. The van der Waals surface area contributed by atoms with Gasteiger partial charge in [-0.05, 0) is 42.4 Å². The predicted octanol–water partition coefficient (Wildman–Crippen LogP) is 3.01. The largest absolute Gasteiger partial charge is 0.497 e. The van der Waals surface area contributed by atoms with E-state index in [4.69, 9.17) is 9.47 Å². The van der Waals surface area contributed by atoms with Gasteiger partial charge in [0.25, 0.3) is 0 Å². The molecule has 0 radical (unpaired) electrons. The molecule has 3 atom stereocenters. The smallest absolute Gasteiger partial charge is 0.118 e. The van der Waals surface area contributed by atoms with Crippen molar-refractivity contribution in [2.24, 2.45) is 11.8 Å². The average molecular weight is 264 g/mol. The first-order chi connectivity index (χ1) is 9.26. The fraction of sp³-hybridized carbons (Fsp3) is 0.625. The number of aliphatic hydroxyl groups is 1. The van der Waals surface area contributed by atoms with E-state index < -0.39 is 0 Å². The molecule has 1 saturated carbocycles. The summed E-state index contributed by atoms with van der Waals surface area (Å²) in [6.45, 7) is 3.13. The van der Waals surface area contributed by atoms with Crippen molar-refractivity contribution in [3.05, 3.63) is 29.8 Å². The number of aliphatic hydroxyl groups excluding tert-OH is 1. The number of ether oxygens (including phenoxy) is 2. The van der Waals surface area contributed by atoms with E-state index in [1.54, 1.807) is 7.11 Å². The van der Waals surface area contributed by atoms with Gasteiger partial charge in [-0.25, -0.2) is 0 Å². The van der Waals surface area contributed by atoms with Crippen LogP contribution >= 0.6 is 0 Å². The Hall–Kier alpha value is -1.06. The monoisotopic (exact) mass is 264 g/mol. The molecule has 1 N–H and O–H groups in total. The standard InChI is InChI=1S/C16H24O3/c1-3-13-8-16(9-14(13)10-17)19-11-12-4-6-15(18-2)7-5-12/h4-7,13-14,16-17H,3,8-11H2,1-2H3. The number of methoxy groups -OCH3 is 1. The van der Waals surface area contributed by atoms with Crippen molar-refractivity contribution in [3.8, 4) is 5.75 Å². The van der Waals surface area contributed by atoms with Crippen LogP contribution in [0.25, 0.3) is 0 Å². The third-order valence-corrected chi connectivity index (χ3v) is 4.20. The molecule has 0 heterocycles. The molecule has 1 aliphatic rings. The van der Waals surface area contributed by atoms with Gasteiger partial charge in [-0.15, -0.1) is 0 Å². The first kappa shape index (κ1) is 14.4. The van der Waals surface area contributed by atoms with Gasteiger partial charge >= 0.3 is 0 Å². The van der Waals surface area contributed by atoms with Crippen LogP contribution < -0.4 is 4.74 Å². The summed E-state index contributed by atoms with van der Waals surface area (Å²) < 4.78 is 11.1. The Morgan fingerprint density at radius 3 is 2.37 bits per heavy atom. The van der Waals surface area contributed by atoms with Gasteiger partial charge in [-0.1, -0.05) is 25.5 Å². The van der Waals surface area contributed by atoms with Crippen molar-refractivity contribution in [2.75, 3.05) is 13.7 Å². The molecule has 0 aromatic heterocycles. The summed E-state index contributed by atoms with van der Waals surface area (Å²) in [6, 6.07) is 7.99. The molecule has 1 aromatic carbocycles. The van der Waals surface area contributed by atoms with Crippen molar-refractivity contribution < 1.29 is 14.6 Å². The molecule has 3 heteroatoms. The summed E-state index contributed by atoms with van der Waals surface area (Å²) in [5, 5.41) is 9.36. The lowest BCUT2D eigenvalue weighted by Gasteiger charge is -2.13.